The molecule has 9 heteroatoms. The molecule has 0 aromatic heterocycles. The van der Waals surface area contributed by atoms with Crippen LogP contribution in [-0.2, 0) is 14.4 Å². The van der Waals surface area contributed by atoms with E-state index in [0.717, 1.165) is 0 Å². The second-order valence-corrected chi connectivity index (χ2v) is 5.36. The summed E-state index contributed by atoms with van der Waals surface area (Å²) in [7, 11) is 1.47. The van der Waals surface area contributed by atoms with Crippen LogP contribution in [0, 0.1) is 5.82 Å². The van der Waals surface area contributed by atoms with Gasteiger partial charge in [-0.05, 0) is 36.5 Å². The number of thiocarbonyl (C=S) groups is 1. The van der Waals surface area contributed by atoms with Gasteiger partial charge in [0.25, 0.3) is 5.91 Å². The predicted octanol–water partition coefficient (Wildman–Crippen LogP) is 0.633. The van der Waals surface area contributed by atoms with Crippen molar-refractivity contribution >= 4 is 40.7 Å². The minimum Gasteiger partial charge on any atom is -0.326 e. The number of hydrogen-bond acceptors (Lipinski definition) is 4. The summed E-state index contributed by atoms with van der Waals surface area (Å²) in [5, 5.41) is 3.88. The molecule has 3 amide bonds. The number of hydrazine groups is 1. The highest BCUT2D eigenvalue weighted by molar-refractivity contribution is 7.80. The van der Waals surface area contributed by atoms with Gasteiger partial charge in [0, 0.05) is 19.7 Å². The molecule has 0 aliphatic carbocycles. The molecule has 1 unspecified atom stereocenters. The van der Waals surface area contributed by atoms with Gasteiger partial charge < -0.3 is 5.32 Å². The summed E-state index contributed by atoms with van der Waals surface area (Å²) in [4.78, 5) is 36.7. The molecule has 0 spiro atoms. The Labute approximate surface area is 137 Å². The van der Waals surface area contributed by atoms with E-state index < -0.39 is 29.6 Å². The number of benzene rings is 1. The molecule has 23 heavy (non-hydrogen) atoms. The fourth-order valence-electron chi connectivity index (χ4n) is 2.12. The van der Waals surface area contributed by atoms with E-state index in [1.54, 1.807) is 0 Å². The summed E-state index contributed by atoms with van der Waals surface area (Å²) in [5.41, 5.74) is 2.85. The quantitative estimate of drug-likeness (QED) is 0.787. The molecule has 1 fully saturated rings. The zero-order valence-electron chi connectivity index (χ0n) is 12.5. The zero-order valence-corrected chi connectivity index (χ0v) is 13.3. The molecule has 1 saturated heterocycles. The van der Waals surface area contributed by atoms with Crippen LogP contribution in [0.2, 0.25) is 0 Å². The van der Waals surface area contributed by atoms with Crippen molar-refractivity contribution in [1.29, 1.82) is 0 Å². The summed E-state index contributed by atoms with van der Waals surface area (Å²) in [6, 6.07) is 4.32. The normalized spacial score (nSPS) is 17.4. The molecule has 1 atom stereocenters. The molecule has 2 N–H and O–H groups in total. The molecule has 1 aromatic carbocycles. The van der Waals surface area contributed by atoms with E-state index >= 15 is 0 Å². The Bertz CT molecular complexity index is 664. The number of anilines is 1. The number of nitrogens with one attached hydrogen (secondary N) is 2. The van der Waals surface area contributed by atoms with Crippen molar-refractivity contribution in [3.05, 3.63) is 30.1 Å². The van der Waals surface area contributed by atoms with Crippen molar-refractivity contribution in [1.82, 2.24) is 15.3 Å². The van der Waals surface area contributed by atoms with E-state index in [9.17, 15) is 18.8 Å². The van der Waals surface area contributed by atoms with E-state index in [1.165, 1.54) is 48.1 Å². The second-order valence-electron chi connectivity index (χ2n) is 4.99. The van der Waals surface area contributed by atoms with Gasteiger partial charge in [0.15, 0.2) is 5.11 Å². The van der Waals surface area contributed by atoms with Gasteiger partial charge in [-0.25, -0.2) is 9.40 Å². The first-order valence-corrected chi connectivity index (χ1v) is 7.14. The lowest BCUT2D eigenvalue weighted by atomic mass is 10.2. The van der Waals surface area contributed by atoms with Crippen LogP contribution < -0.4 is 10.7 Å². The number of carbonyl (C=O) groups is 3. The molecular weight excluding hydrogens is 323 g/mol. The molecule has 1 aromatic rings. The monoisotopic (exact) mass is 338 g/mol. The number of hydrogen-bond donors (Lipinski definition) is 2. The Hall–Kier alpha value is -2.55. The number of nitrogens with zero attached hydrogens (tertiary/aromatic N) is 2. The largest absolute Gasteiger partial charge is 0.326 e. The molecule has 0 radical (unpaired) electrons. The van der Waals surface area contributed by atoms with Gasteiger partial charge in [0.1, 0.15) is 11.9 Å². The van der Waals surface area contributed by atoms with Crippen molar-refractivity contribution in [3.63, 3.8) is 0 Å². The average molecular weight is 338 g/mol. The molecule has 122 valence electrons. The highest BCUT2D eigenvalue weighted by atomic mass is 32.1. The summed E-state index contributed by atoms with van der Waals surface area (Å²) < 4.78 is 12.8. The number of amides is 3. The number of rotatable bonds is 4. The third-order valence-corrected chi connectivity index (χ3v) is 3.68. The summed E-state index contributed by atoms with van der Waals surface area (Å²) >= 11 is 5.08. The Kier molecular flexibility index (Phi) is 4.89. The number of carbonyl (C=O) groups excluding carboxylic acids is 3. The maximum Gasteiger partial charge on any atom is 0.253 e. The van der Waals surface area contributed by atoms with Gasteiger partial charge >= 0.3 is 0 Å². The van der Waals surface area contributed by atoms with Crippen LogP contribution in [0.3, 0.4) is 0 Å². The lowest BCUT2D eigenvalue weighted by molar-refractivity contribution is -0.131. The third kappa shape index (κ3) is 3.81. The van der Waals surface area contributed by atoms with Crippen molar-refractivity contribution in [3.8, 4) is 0 Å². The second kappa shape index (κ2) is 6.69. The SMILES string of the molecule is CC(=O)NN1C(=S)N(C)C(=O)C1CC(=O)Nc1ccc(F)cc1. The molecule has 2 rings (SSSR count). The Morgan fingerprint density at radius 2 is 1.91 bits per heavy atom. The first-order valence-electron chi connectivity index (χ1n) is 6.73. The van der Waals surface area contributed by atoms with E-state index in [0.29, 0.717) is 5.69 Å². The fourth-order valence-corrected chi connectivity index (χ4v) is 2.38. The van der Waals surface area contributed by atoms with E-state index in [1.807, 2.05) is 0 Å². The summed E-state index contributed by atoms with van der Waals surface area (Å²) in [5.74, 6) is -1.67. The number of halogens is 1. The molecule has 1 heterocycles. The minimum atomic E-state index is -0.920. The smallest absolute Gasteiger partial charge is 0.253 e. The lowest BCUT2D eigenvalue weighted by Crippen LogP contribution is -2.48. The van der Waals surface area contributed by atoms with Gasteiger partial charge in [-0.2, -0.15) is 0 Å². The predicted molar refractivity (Wildman–Crippen MR) is 84.5 cm³/mol. The zero-order chi connectivity index (χ0) is 17.1. The van der Waals surface area contributed by atoms with Gasteiger partial charge in [-0.3, -0.25) is 24.7 Å². The maximum atomic E-state index is 12.8. The summed E-state index contributed by atoms with van der Waals surface area (Å²) in [6.07, 6.45) is -0.207. The van der Waals surface area contributed by atoms with Gasteiger partial charge in [0.2, 0.25) is 11.8 Å². The Morgan fingerprint density at radius 1 is 1.30 bits per heavy atom. The van der Waals surface area contributed by atoms with Crippen LogP contribution in [-0.4, -0.2) is 45.8 Å². The molecular formula is C14H15FN4O3S. The van der Waals surface area contributed by atoms with E-state index in [4.69, 9.17) is 12.2 Å². The lowest BCUT2D eigenvalue weighted by Gasteiger charge is -2.23. The van der Waals surface area contributed by atoms with Crippen molar-refractivity contribution in [2.24, 2.45) is 0 Å². The van der Waals surface area contributed by atoms with Gasteiger partial charge in [-0.15, -0.1) is 0 Å². The van der Waals surface area contributed by atoms with Crippen LogP contribution in [0.25, 0.3) is 0 Å². The van der Waals surface area contributed by atoms with Gasteiger partial charge in [-0.1, -0.05) is 0 Å². The average Bonchev–Trinajstić information content (AvgIpc) is 2.67. The summed E-state index contributed by atoms with van der Waals surface area (Å²) in [6.45, 7) is 1.28. The van der Waals surface area contributed by atoms with Crippen molar-refractivity contribution < 1.29 is 18.8 Å². The first kappa shape index (κ1) is 16.8. The van der Waals surface area contributed by atoms with Crippen molar-refractivity contribution in [2.75, 3.05) is 12.4 Å². The standard InChI is InChI=1S/C14H15FN4O3S/c1-8(20)17-19-11(13(22)18(2)14(19)23)7-12(21)16-10-5-3-9(15)4-6-10/h3-6,11H,7H2,1-2H3,(H,16,21)(H,17,20). The Balaban J connectivity index is 2.07. The third-order valence-electron chi connectivity index (χ3n) is 3.20. The van der Waals surface area contributed by atoms with E-state index in [2.05, 4.69) is 10.7 Å². The molecule has 7 nitrogen and oxygen atoms in total. The van der Waals surface area contributed by atoms with Gasteiger partial charge in [0.05, 0.1) is 6.42 Å². The topological polar surface area (TPSA) is 81.8 Å². The molecule has 1 aliphatic heterocycles. The molecule has 0 saturated carbocycles. The minimum absolute atomic E-state index is 0.116. The van der Waals surface area contributed by atoms with Crippen LogP contribution in [0.4, 0.5) is 10.1 Å². The highest BCUT2D eigenvalue weighted by Gasteiger charge is 2.42. The van der Waals surface area contributed by atoms with Crippen LogP contribution in [0.5, 0.6) is 0 Å². The Morgan fingerprint density at radius 3 is 2.48 bits per heavy atom. The van der Waals surface area contributed by atoms with Crippen LogP contribution in [0.15, 0.2) is 24.3 Å². The maximum absolute atomic E-state index is 12.8. The molecule has 0 bridgehead atoms. The first-order chi connectivity index (χ1) is 10.8. The highest BCUT2D eigenvalue weighted by Crippen LogP contribution is 2.18. The number of likely N-dealkylation sites (N-methyl/N-ethyl adjacent to an activating group) is 1. The van der Waals surface area contributed by atoms with E-state index in [-0.39, 0.29) is 11.5 Å². The van der Waals surface area contributed by atoms with Crippen molar-refractivity contribution in [2.45, 2.75) is 19.4 Å². The fraction of sp³-hybridized carbons (Fsp3) is 0.286. The van der Waals surface area contributed by atoms with Crippen LogP contribution >= 0.6 is 12.2 Å². The molecule has 1 aliphatic rings. The van der Waals surface area contributed by atoms with Crippen LogP contribution in [0.1, 0.15) is 13.3 Å².